The fourth-order valence-corrected chi connectivity index (χ4v) is 4.11. The summed E-state index contributed by atoms with van der Waals surface area (Å²) in [4.78, 5) is 11.8. The molecule has 0 spiro atoms. The molecular weight excluding hydrogens is 430 g/mol. The van der Waals surface area contributed by atoms with Crippen LogP contribution in [-0.2, 0) is 15.3 Å². The number of aryl methyl sites for hydroxylation is 1. The van der Waals surface area contributed by atoms with E-state index < -0.39 is 17.4 Å². The maximum atomic E-state index is 14.5. The molecule has 0 bridgehead atoms. The number of hydrogen-bond acceptors (Lipinski definition) is 6. The summed E-state index contributed by atoms with van der Waals surface area (Å²) < 4.78 is 41.3. The fourth-order valence-electron chi connectivity index (χ4n) is 4.11. The molecule has 9 heteroatoms. The number of oxime groups is 1. The molecule has 0 radical (unpaired) electrons. The first-order valence-corrected chi connectivity index (χ1v) is 10.4. The Balaban J connectivity index is 1.47. The van der Waals surface area contributed by atoms with E-state index >= 15 is 0 Å². The fraction of sp³-hybridized carbons (Fsp3) is 0.250. The number of rotatable bonds is 4. The van der Waals surface area contributed by atoms with Crippen LogP contribution in [0.2, 0.25) is 0 Å². The molecule has 0 aliphatic carbocycles. The number of aromatic nitrogens is 2. The second kappa shape index (κ2) is 7.91. The van der Waals surface area contributed by atoms with Crippen LogP contribution in [0, 0.1) is 18.6 Å². The van der Waals surface area contributed by atoms with Crippen molar-refractivity contribution >= 4 is 11.9 Å². The predicted molar refractivity (Wildman–Crippen MR) is 118 cm³/mol. The molecular formula is C24H22F2N4O3. The maximum Gasteiger partial charge on any atom is 0.237 e. The molecule has 0 saturated carbocycles. The number of amidine groups is 1. The lowest BCUT2D eigenvalue weighted by Gasteiger charge is -2.37. The monoisotopic (exact) mass is 452 g/mol. The van der Waals surface area contributed by atoms with Gasteiger partial charge in [0.15, 0.2) is 5.76 Å². The van der Waals surface area contributed by atoms with Crippen molar-refractivity contribution in [3.8, 4) is 11.4 Å². The van der Waals surface area contributed by atoms with Gasteiger partial charge in [-0.2, -0.15) is 0 Å². The summed E-state index contributed by atoms with van der Waals surface area (Å²) in [5.41, 5.74) is 1.57. The van der Waals surface area contributed by atoms with Crippen molar-refractivity contribution < 1.29 is 23.1 Å². The third-order valence-electron chi connectivity index (χ3n) is 5.80. The molecule has 33 heavy (non-hydrogen) atoms. The highest BCUT2D eigenvalue weighted by Gasteiger charge is 2.48. The minimum Gasteiger partial charge on any atom is -0.495 e. The molecule has 1 aromatic heterocycles. The van der Waals surface area contributed by atoms with Gasteiger partial charge >= 0.3 is 0 Å². The minimum absolute atomic E-state index is 0.200. The zero-order valence-corrected chi connectivity index (χ0v) is 18.4. The van der Waals surface area contributed by atoms with Gasteiger partial charge in [-0.05, 0) is 42.8 Å². The Morgan fingerprint density at radius 3 is 2.76 bits per heavy atom. The Bertz CT molecular complexity index is 1290. The van der Waals surface area contributed by atoms with Crippen LogP contribution < -0.4 is 4.74 Å². The number of halogens is 2. The number of imidazole rings is 1. The lowest BCUT2D eigenvalue weighted by Crippen LogP contribution is -2.49. The third kappa shape index (κ3) is 3.59. The van der Waals surface area contributed by atoms with Gasteiger partial charge in [0.25, 0.3) is 0 Å². The molecule has 5 rings (SSSR count). The highest BCUT2D eigenvalue weighted by Crippen LogP contribution is 2.39. The largest absolute Gasteiger partial charge is 0.495 e. The van der Waals surface area contributed by atoms with E-state index in [2.05, 4.69) is 10.1 Å². The van der Waals surface area contributed by atoms with E-state index in [0.717, 1.165) is 23.0 Å². The first-order chi connectivity index (χ1) is 15.9. The number of fused-ring (bicyclic) bond motifs is 1. The van der Waals surface area contributed by atoms with Gasteiger partial charge in [0.1, 0.15) is 24.0 Å². The van der Waals surface area contributed by atoms with Crippen LogP contribution in [0.15, 0.2) is 59.8 Å². The summed E-state index contributed by atoms with van der Waals surface area (Å²) in [6.45, 7) is 4.42. The van der Waals surface area contributed by atoms with Gasteiger partial charge in [0.05, 0.1) is 36.9 Å². The van der Waals surface area contributed by atoms with Gasteiger partial charge in [-0.1, -0.05) is 11.2 Å². The number of methoxy groups -OCH3 is 1. The molecule has 1 atom stereocenters. The Hall–Kier alpha value is -3.88. The van der Waals surface area contributed by atoms with Gasteiger partial charge in [0, 0.05) is 19.2 Å². The Kier molecular flexibility index (Phi) is 5.03. The smallest absolute Gasteiger partial charge is 0.237 e. The molecule has 2 aliphatic rings. The van der Waals surface area contributed by atoms with Crippen molar-refractivity contribution in [2.45, 2.75) is 19.6 Å². The van der Waals surface area contributed by atoms with E-state index in [1.165, 1.54) is 12.1 Å². The molecule has 2 aliphatic heterocycles. The van der Waals surface area contributed by atoms with Crippen LogP contribution in [0.5, 0.6) is 5.75 Å². The van der Waals surface area contributed by atoms with Crippen molar-refractivity contribution in [1.29, 1.82) is 0 Å². The Morgan fingerprint density at radius 1 is 1.18 bits per heavy atom. The highest BCUT2D eigenvalue weighted by molar-refractivity contribution is 6.01. The molecule has 0 amide bonds. The average molecular weight is 452 g/mol. The molecule has 1 fully saturated rings. The molecule has 2 aromatic carbocycles. The second-order valence-corrected chi connectivity index (χ2v) is 7.98. The van der Waals surface area contributed by atoms with E-state index in [4.69, 9.17) is 14.3 Å². The van der Waals surface area contributed by atoms with Crippen LogP contribution in [-0.4, -0.2) is 40.5 Å². The summed E-state index contributed by atoms with van der Waals surface area (Å²) in [6.07, 6.45) is 5.47. The van der Waals surface area contributed by atoms with Crippen molar-refractivity contribution in [2.24, 2.45) is 5.16 Å². The van der Waals surface area contributed by atoms with Crippen molar-refractivity contribution in [2.75, 3.05) is 20.3 Å². The molecule has 0 N–H and O–H groups in total. The SMILES string of the molecule is COc1cc(/C=C2\OCCN3C2=NOC3(C)c2ccc(F)cc2F)ccc1-n1cnc(C)c1. The van der Waals surface area contributed by atoms with Crippen LogP contribution >= 0.6 is 0 Å². The molecule has 170 valence electrons. The zero-order chi connectivity index (χ0) is 23.2. The molecule has 7 nitrogen and oxygen atoms in total. The van der Waals surface area contributed by atoms with E-state index in [-0.39, 0.29) is 5.56 Å². The summed E-state index contributed by atoms with van der Waals surface area (Å²) in [7, 11) is 1.61. The van der Waals surface area contributed by atoms with Gasteiger partial charge in [0.2, 0.25) is 11.6 Å². The Labute approximate surface area is 189 Å². The molecule has 3 aromatic rings. The quantitative estimate of drug-likeness (QED) is 0.589. The average Bonchev–Trinajstić information content (AvgIpc) is 3.38. The summed E-state index contributed by atoms with van der Waals surface area (Å²) in [6, 6.07) is 9.17. The third-order valence-corrected chi connectivity index (χ3v) is 5.80. The number of nitrogens with zero attached hydrogens (tertiary/aromatic N) is 4. The van der Waals surface area contributed by atoms with E-state index in [1.54, 1.807) is 20.4 Å². The first-order valence-electron chi connectivity index (χ1n) is 10.4. The number of ether oxygens (including phenoxy) is 2. The van der Waals surface area contributed by atoms with E-state index in [1.807, 2.05) is 46.9 Å². The summed E-state index contributed by atoms with van der Waals surface area (Å²) in [5, 5.41) is 4.18. The second-order valence-electron chi connectivity index (χ2n) is 7.98. The van der Waals surface area contributed by atoms with Crippen molar-refractivity contribution in [3.63, 3.8) is 0 Å². The summed E-state index contributed by atoms with van der Waals surface area (Å²) in [5.74, 6) is 0.254. The molecule has 1 saturated heterocycles. The summed E-state index contributed by atoms with van der Waals surface area (Å²) >= 11 is 0. The Morgan fingerprint density at radius 2 is 2.03 bits per heavy atom. The molecule has 3 heterocycles. The standard InChI is InChI=1S/C24H22F2N4O3/c1-15-13-29(14-27-15)20-7-4-16(10-21(20)31-3)11-22-23-28-33-24(2,30(23)8-9-32-22)18-6-5-17(25)12-19(18)26/h4-7,10-14H,8-9H2,1-3H3/b22-11-. The normalized spacial score (nSPS) is 20.8. The number of benzene rings is 2. The predicted octanol–water partition coefficient (Wildman–Crippen LogP) is 4.36. The van der Waals surface area contributed by atoms with Gasteiger partial charge < -0.3 is 23.8 Å². The van der Waals surface area contributed by atoms with Crippen LogP contribution in [0.4, 0.5) is 8.78 Å². The van der Waals surface area contributed by atoms with Crippen molar-refractivity contribution in [3.05, 3.63) is 83.1 Å². The highest BCUT2D eigenvalue weighted by atomic mass is 19.1. The lowest BCUT2D eigenvalue weighted by molar-refractivity contribution is -0.0989. The van der Waals surface area contributed by atoms with Crippen LogP contribution in [0.25, 0.3) is 11.8 Å². The van der Waals surface area contributed by atoms with Gasteiger partial charge in [-0.25, -0.2) is 13.8 Å². The lowest BCUT2D eigenvalue weighted by atomic mass is 10.0. The van der Waals surface area contributed by atoms with Crippen LogP contribution in [0.1, 0.15) is 23.7 Å². The molecule has 1 unspecified atom stereocenters. The van der Waals surface area contributed by atoms with Crippen LogP contribution in [0.3, 0.4) is 0 Å². The van der Waals surface area contributed by atoms with Gasteiger partial charge in [-0.3, -0.25) is 0 Å². The maximum absolute atomic E-state index is 14.5. The number of hydrogen-bond donors (Lipinski definition) is 0. The van der Waals surface area contributed by atoms with Gasteiger partial charge in [-0.15, -0.1) is 0 Å². The topological polar surface area (TPSA) is 61.1 Å². The zero-order valence-electron chi connectivity index (χ0n) is 18.4. The number of morpholine rings is 1. The van der Waals surface area contributed by atoms with E-state index in [9.17, 15) is 8.78 Å². The minimum atomic E-state index is -1.21. The van der Waals surface area contributed by atoms with E-state index in [0.29, 0.717) is 30.5 Å². The van der Waals surface area contributed by atoms with Crippen molar-refractivity contribution in [1.82, 2.24) is 14.5 Å². The first kappa shape index (κ1) is 21.0.